The number of morpholine rings is 1. The van der Waals surface area contributed by atoms with E-state index in [1.807, 2.05) is 30.0 Å². The lowest BCUT2D eigenvalue weighted by atomic mass is 10.0. The standard InChI is InChI=1S/C17H24N4O2/c1-4-17(3)11-21(8-9-23-17)16(22)18-10-14-19-13-7-5-6-12(2)15(13)20-14/h5-7H,4,8-11H2,1-3H3,(H,18,22)(H,19,20)/t17-/m0/s1. The molecule has 1 fully saturated rings. The first kappa shape index (κ1) is 15.8. The highest BCUT2D eigenvalue weighted by atomic mass is 16.5. The van der Waals surface area contributed by atoms with Crippen molar-refractivity contribution in [1.29, 1.82) is 0 Å². The molecule has 0 radical (unpaired) electrons. The van der Waals surface area contributed by atoms with E-state index in [0.29, 0.717) is 26.2 Å². The largest absolute Gasteiger partial charge is 0.372 e. The van der Waals surface area contributed by atoms with Crippen LogP contribution in [-0.2, 0) is 11.3 Å². The molecule has 1 aliphatic heterocycles. The molecule has 0 saturated carbocycles. The number of ether oxygens (including phenoxy) is 1. The summed E-state index contributed by atoms with van der Waals surface area (Å²) in [7, 11) is 0. The highest BCUT2D eigenvalue weighted by molar-refractivity contribution is 5.79. The summed E-state index contributed by atoms with van der Waals surface area (Å²) < 4.78 is 5.77. The van der Waals surface area contributed by atoms with Crippen LogP contribution in [0.4, 0.5) is 4.79 Å². The number of nitrogens with one attached hydrogen (secondary N) is 2. The number of H-pyrrole nitrogens is 1. The van der Waals surface area contributed by atoms with E-state index in [1.54, 1.807) is 0 Å². The van der Waals surface area contributed by atoms with Crippen LogP contribution >= 0.6 is 0 Å². The Bertz CT molecular complexity index is 712. The molecule has 2 N–H and O–H groups in total. The highest BCUT2D eigenvalue weighted by Crippen LogP contribution is 2.21. The van der Waals surface area contributed by atoms with Crippen LogP contribution in [-0.4, -0.2) is 46.2 Å². The Morgan fingerprint density at radius 1 is 1.52 bits per heavy atom. The average molecular weight is 316 g/mol. The van der Waals surface area contributed by atoms with Gasteiger partial charge in [-0.1, -0.05) is 19.1 Å². The predicted molar refractivity (Wildman–Crippen MR) is 89.3 cm³/mol. The first-order valence-electron chi connectivity index (χ1n) is 8.12. The maximum Gasteiger partial charge on any atom is 0.317 e. The van der Waals surface area contributed by atoms with Crippen molar-refractivity contribution in [3.05, 3.63) is 29.6 Å². The number of aromatic amines is 1. The van der Waals surface area contributed by atoms with Gasteiger partial charge in [-0.2, -0.15) is 0 Å². The van der Waals surface area contributed by atoms with Crippen molar-refractivity contribution < 1.29 is 9.53 Å². The molecule has 2 aromatic rings. The number of urea groups is 1. The van der Waals surface area contributed by atoms with E-state index in [4.69, 9.17) is 4.74 Å². The number of para-hydroxylation sites is 1. The first-order chi connectivity index (χ1) is 11.0. The minimum atomic E-state index is -0.244. The van der Waals surface area contributed by atoms with Gasteiger partial charge in [-0.05, 0) is 31.9 Å². The van der Waals surface area contributed by atoms with Crippen molar-refractivity contribution in [2.45, 2.75) is 39.3 Å². The van der Waals surface area contributed by atoms with Gasteiger partial charge in [0.1, 0.15) is 5.82 Å². The van der Waals surface area contributed by atoms with E-state index in [0.717, 1.165) is 28.8 Å². The summed E-state index contributed by atoms with van der Waals surface area (Å²) in [5.41, 5.74) is 2.84. The van der Waals surface area contributed by atoms with Gasteiger partial charge in [-0.15, -0.1) is 0 Å². The minimum Gasteiger partial charge on any atom is -0.372 e. The molecule has 23 heavy (non-hydrogen) atoms. The van der Waals surface area contributed by atoms with Crippen LogP contribution in [0.1, 0.15) is 31.7 Å². The minimum absolute atomic E-state index is 0.0647. The SMILES string of the molecule is CC[C@@]1(C)CN(C(=O)NCc2nc3c(C)cccc3[nH]2)CCO1. The number of imidazole rings is 1. The Kier molecular flexibility index (Phi) is 4.26. The zero-order valence-electron chi connectivity index (χ0n) is 14.0. The molecule has 3 rings (SSSR count). The maximum atomic E-state index is 12.4. The molecule has 1 aromatic heterocycles. The van der Waals surface area contributed by atoms with E-state index >= 15 is 0 Å². The van der Waals surface area contributed by atoms with Crippen molar-refractivity contribution in [2.75, 3.05) is 19.7 Å². The van der Waals surface area contributed by atoms with Crippen molar-refractivity contribution in [1.82, 2.24) is 20.2 Å². The molecule has 124 valence electrons. The lowest BCUT2D eigenvalue weighted by Gasteiger charge is -2.39. The van der Waals surface area contributed by atoms with Gasteiger partial charge in [0.2, 0.25) is 0 Å². The van der Waals surface area contributed by atoms with Gasteiger partial charge in [0, 0.05) is 6.54 Å². The number of carbonyl (C=O) groups is 1. The number of carbonyl (C=O) groups excluding carboxylic acids is 1. The number of rotatable bonds is 3. The molecular weight excluding hydrogens is 292 g/mol. The van der Waals surface area contributed by atoms with Crippen LogP contribution in [0.15, 0.2) is 18.2 Å². The van der Waals surface area contributed by atoms with Crippen LogP contribution < -0.4 is 5.32 Å². The Morgan fingerprint density at radius 2 is 2.35 bits per heavy atom. The van der Waals surface area contributed by atoms with Crippen molar-refractivity contribution in [3.8, 4) is 0 Å². The van der Waals surface area contributed by atoms with Gasteiger partial charge in [0.05, 0.1) is 36.3 Å². The van der Waals surface area contributed by atoms with Crippen molar-refractivity contribution in [2.24, 2.45) is 0 Å². The Balaban J connectivity index is 1.63. The molecule has 0 unspecified atom stereocenters. The maximum absolute atomic E-state index is 12.4. The van der Waals surface area contributed by atoms with Crippen LogP contribution in [0, 0.1) is 6.92 Å². The summed E-state index contributed by atoms with van der Waals surface area (Å²) in [5, 5.41) is 2.95. The Morgan fingerprint density at radius 3 is 3.09 bits per heavy atom. The summed E-state index contributed by atoms with van der Waals surface area (Å²) in [5.74, 6) is 0.772. The summed E-state index contributed by atoms with van der Waals surface area (Å²) in [4.78, 5) is 22.0. The second kappa shape index (κ2) is 6.20. The fraction of sp³-hybridized carbons (Fsp3) is 0.529. The summed E-state index contributed by atoms with van der Waals surface area (Å²) in [6.07, 6.45) is 0.889. The molecule has 2 amide bonds. The van der Waals surface area contributed by atoms with Crippen LogP contribution in [0.2, 0.25) is 0 Å². The van der Waals surface area contributed by atoms with E-state index in [9.17, 15) is 4.79 Å². The Labute approximate surface area is 136 Å². The van der Waals surface area contributed by atoms with Gasteiger partial charge < -0.3 is 19.9 Å². The third kappa shape index (κ3) is 3.32. The number of hydrogen-bond acceptors (Lipinski definition) is 3. The van der Waals surface area contributed by atoms with Gasteiger partial charge >= 0.3 is 6.03 Å². The lowest BCUT2D eigenvalue weighted by Crippen LogP contribution is -2.54. The zero-order valence-corrected chi connectivity index (χ0v) is 14.0. The third-order valence-electron chi connectivity index (χ3n) is 4.54. The number of amides is 2. The van der Waals surface area contributed by atoms with Crippen LogP contribution in [0.25, 0.3) is 11.0 Å². The number of aryl methyl sites for hydroxylation is 1. The molecule has 2 heterocycles. The summed E-state index contributed by atoms with van der Waals surface area (Å²) >= 11 is 0. The molecule has 0 spiro atoms. The van der Waals surface area contributed by atoms with Gasteiger partial charge in [0.15, 0.2) is 0 Å². The predicted octanol–water partition coefficient (Wildman–Crippen LogP) is 2.58. The highest BCUT2D eigenvalue weighted by Gasteiger charge is 2.32. The quantitative estimate of drug-likeness (QED) is 0.914. The molecule has 1 atom stereocenters. The van der Waals surface area contributed by atoms with E-state index < -0.39 is 0 Å². The molecule has 6 heteroatoms. The molecule has 1 aromatic carbocycles. The second-order valence-corrected chi connectivity index (χ2v) is 6.39. The average Bonchev–Trinajstić information content (AvgIpc) is 2.97. The van der Waals surface area contributed by atoms with Crippen LogP contribution in [0.3, 0.4) is 0 Å². The van der Waals surface area contributed by atoms with Crippen molar-refractivity contribution in [3.63, 3.8) is 0 Å². The fourth-order valence-electron chi connectivity index (χ4n) is 2.90. The number of fused-ring (bicyclic) bond motifs is 1. The lowest BCUT2D eigenvalue weighted by molar-refractivity contribution is -0.0872. The van der Waals surface area contributed by atoms with E-state index in [-0.39, 0.29) is 11.6 Å². The molecular formula is C17H24N4O2. The number of benzene rings is 1. The summed E-state index contributed by atoms with van der Waals surface area (Å²) in [6, 6.07) is 5.96. The smallest absolute Gasteiger partial charge is 0.317 e. The van der Waals surface area contributed by atoms with Crippen molar-refractivity contribution >= 4 is 17.1 Å². The monoisotopic (exact) mass is 316 g/mol. The summed E-state index contributed by atoms with van der Waals surface area (Å²) in [6.45, 7) is 8.39. The molecule has 0 aliphatic carbocycles. The molecule has 0 bridgehead atoms. The molecule has 1 aliphatic rings. The van der Waals surface area contributed by atoms with Gasteiger partial charge in [-0.25, -0.2) is 9.78 Å². The number of nitrogens with zero attached hydrogens (tertiary/aromatic N) is 2. The molecule has 1 saturated heterocycles. The topological polar surface area (TPSA) is 70.2 Å². The van der Waals surface area contributed by atoms with Gasteiger partial charge in [-0.3, -0.25) is 0 Å². The van der Waals surface area contributed by atoms with E-state index in [1.165, 1.54) is 0 Å². The van der Waals surface area contributed by atoms with Gasteiger partial charge in [0.25, 0.3) is 0 Å². The normalized spacial score (nSPS) is 21.6. The number of hydrogen-bond donors (Lipinski definition) is 2. The van der Waals surface area contributed by atoms with Crippen LogP contribution in [0.5, 0.6) is 0 Å². The molecule has 6 nitrogen and oxygen atoms in total. The Hall–Kier alpha value is -2.08. The fourth-order valence-corrected chi connectivity index (χ4v) is 2.90. The number of aromatic nitrogens is 2. The third-order valence-corrected chi connectivity index (χ3v) is 4.54. The first-order valence-corrected chi connectivity index (χ1v) is 8.12. The zero-order chi connectivity index (χ0) is 16.4. The van der Waals surface area contributed by atoms with E-state index in [2.05, 4.69) is 29.1 Å². The second-order valence-electron chi connectivity index (χ2n) is 6.39.